The van der Waals surface area contributed by atoms with Gasteiger partial charge in [-0.15, -0.1) is 0 Å². The average Bonchev–Trinajstić information content (AvgIpc) is 1.85. The Hall–Kier alpha value is -0.305. The first-order valence-corrected chi connectivity index (χ1v) is 3.24. The molecule has 0 spiro atoms. The monoisotopic (exact) mass is 128 g/mol. The first-order valence-electron chi connectivity index (χ1n) is 2.42. The number of hydrogen-bond donors (Lipinski definition) is 0. The number of rotatable bonds is 0. The summed E-state index contributed by atoms with van der Waals surface area (Å²) in [5.74, 6) is -0.0764. The molecule has 3 heteroatoms. The lowest BCUT2D eigenvalue weighted by Gasteiger charge is -1.75. The zero-order valence-electron chi connectivity index (χ0n) is 4.86. The van der Waals surface area contributed by atoms with Crippen LogP contribution in [-0.4, -0.2) is 7.85 Å². The molecule has 0 fully saturated rings. The third-order valence-electron chi connectivity index (χ3n) is 0.980. The van der Waals surface area contributed by atoms with Crippen LogP contribution in [0, 0.1) is 12.7 Å². The topological polar surface area (TPSA) is 0 Å². The second kappa shape index (κ2) is 1.90. The summed E-state index contributed by atoms with van der Waals surface area (Å²) in [6.07, 6.45) is 0. The van der Waals surface area contributed by atoms with Crippen LogP contribution in [-0.2, 0) is 0 Å². The van der Waals surface area contributed by atoms with Crippen LogP contribution in [0.3, 0.4) is 0 Å². The molecule has 0 saturated heterocycles. The van der Waals surface area contributed by atoms with E-state index in [1.807, 2.05) is 6.92 Å². The minimum atomic E-state index is -0.0764. The Morgan fingerprint density at radius 2 is 2.38 bits per heavy atom. The predicted molar refractivity (Wildman–Crippen MR) is 37.2 cm³/mol. The third-order valence-corrected chi connectivity index (χ3v) is 1.92. The van der Waals surface area contributed by atoms with Crippen LogP contribution in [0.4, 0.5) is 4.39 Å². The number of aryl methyl sites for hydroxylation is 1. The first-order chi connectivity index (χ1) is 3.70. The fraction of sp³-hybridized carbons (Fsp3) is 0.200. The molecule has 0 aliphatic rings. The van der Waals surface area contributed by atoms with E-state index in [1.54, 1.807) is 13.9 Å². The Morgan fingerprint density at radius 3 is 2.50 bits per heavy atom. The fourth-order valence-corrected chi connectivity index (χ4v) is 1.40. The highest BCUT2D eigenvalue weighted by Crippen LogP contribution is 2.06. The van der Waals surface area contributed by atoms with E-state index in [2.05, 4.69) is 0 Å². The van der Waals surface area contributed by atoms with Crippen molar-refractivity contribution in [1.29, 1.82) is 0 Å². The Bertz CT molecular complexity index is 175. The second-order valence-electron chi connectivity index (χ2n) is 1.76. The van der Waals surface area contributed by atoms with Gasteiger partial charge in [0, 0.05) is 4.88 Å². The summed E-state index contributed by atoms with van der Waals surface area (Å²) in [5.41, 5.74) is 0. The van der Waals surface area contributed by atoms with Crippen molar-refractivity contribution >= 4 is 24.0 Å². The van der Waals surface area contributed by atoms with Gasteiger partial charge in [0.25, 0.3) is 0 Å². The van der Waals surface area contributed by atoms with Gasteiger partial charge < -0.3 is 0 Å². The Morgan fingerprint density at radius 1 is 1.75 bits per heavy atom. The summed E-state index contributed by atoms with van der Waals surface area (Å²) in [5, 5.41) is 0. The van der Waals surface area contributed by atoms with Gasteiger partial charge in [-0.2, -0.15) is 11.3 Å². The van der Waals surface area contributed by atoms with Crippen molar-refractivity contribution in [2.75, 3.05) is 0 Å². The van der Waals surface area contributed by atoms with Crippen molar-refractivity contribution in [2.24, 2.45) is 0 Å². The van der Waals surface area contributed by atoms with Gasteiger partial charge in [-0.05, 0) is 17.8 Å². The van der Waals surface area contributed by atoms with Crippen LogP contribution in [0.1, 0.15) is 4.88 Å². The van der Waals surface area contributed by atoms with E-state index < -0.39 is 0 Å². The molecule has 0 bridgehead atoms. The van der Waals surface area contributed by atoms with E-state index in [9.17, 15) is 4.39 Å². The highest BCUT2D eigenvalue weighted by molar-refractivity contribution is 7.20. The summed E-state index contributed by atoms with van der Waals surface area (Å²) in [6.45, 7) is 1.90. The minimum Gasteiger partial charge on any atom is -0.207 e. The SMILES string of the molecule is Bc1sc(C)cc1F. The van der Waals surface area contributed by atoms with Gasteiger partial charge in [0.15, 0.2) is 7.85 Å². The number of hydrogen-bond acceptors (Lipinski definition) is 1. The lowest BCUT2D eigenvalue weighted by molar-refractivity contribution is 0.640. The number of halogens is 1. The predicted octanol–water partition coefficient (Wildman–Crippen LogP) is 0.454. The molecular formula is C5H6BFS. The highest BCUT2D eigenvalue weighted by Gasteiger charge is 1.97. The molecule has 1 aromatic heterocycles. The van der Waals surface area contributed by atoms with Crippen LogP contribution in [0.2, 0.25) is 0 Å². The van der Waals surface area contributed by atoms with Crippen LogP contribution in [0.25, 0.3) is 0 Å². The van der Waals surface area contributed by atoms with E-state index in [0.29, 0.717) is 0 Å². The van der Waals surface area contributed by atoms with Gasteiger partial charge in [0.1, 0.15) is 5.82 Å². The first kappa shape index (κ1) is 5.82. The molecule has 1 heterocycles. The molecule has 0 aromatic carbocycles. The van der Waals surface area contributed by atoms with Gasteiger partial charge in [0.05, 0.1) is 0 Å². The molecule has 0 atom stereocenters. The van der Waals surface area contributed by atoms with Crippen molar-refractivity contribution < 1.29 is 4.39 Å². The zero-order valence-corrected chi connectivity index (χ0v) is 5.68. The largest absolute Gasteiger partial charge is 0.207 e. The Balaban J connectivity index is 3.14. The summed E-state index contributed by atoms with van der Waals surface area (Å²) < 4.78 is 13.1. The van der Waals surface area contributed by atoms with Crippen molar-refractivity contribution in [3.05, 3.63) is 16.8 Å². The quantitative estimate of drug-likeness (QED) is 0.445. The van der Waals surface area contributed by atoms with Crippen LogP contribution in [0.15, 0.2) is 6.07 Å². The molecule has 1 rings (SSSR count). The lowest BCUT2D eigenvalue weighted by atomic mass is 10.1. The molecule has 0 aliphatic carbocycles. The van der Waals surface area contributed by atoms with Crippen molar-refractivity contribution in [3.8, 4) is 0 Å². The van der Waals surface area contributed by atoms with Gasteiger partial charge in [-0.1, -0.05) is 0 Å². The van der Waals surface area contributed by atoms with Gasteiger partial charge in [0.2, 0.25) is 0 Å². The van der Waals surface area contributed by atoms with Crippen molar-refractivity contribution in [1.82, 2.24) is 0 Å². The van der Waals surface area contributed by atoms with Gasteiger partial charge in [-0.3, -0.25) is 0 Å². The van der Waals surface area contributed by atoms with Crippen molar-refractivity contribution in [2.45, 2.75) is 6.92 Å². The smallest absolute Gasteiger partial charge is 0.156 e. The summed E-state index contributed by atoms with van der Waals surface area (Å²) in [7, 11) is 1.78. The molecule has 0 nitrogen and oxygen atoms in total. The molecule has 1 aromatic rings. The average molecular weight is 128 g/mol. The Kier molecular flexibility index (Phi) is 1.38. The van der Waals surface area contributed by atoms with E-state index >= 15 is 0 Å². The third kappa shape index (κ3) is 0.918. The minimum absolute atomic E-state index is 0.0764. The van der Waals surface area contributed by atoms with Gasteiger partial charge in [-0.25, -0.2) is 4.39 Å². The summed E-state index contributed by atoms with van der Waals surface area (Å²) in [4.78, 5) is 1.04. The second-order valence-corrected chi connectivity index (χ2v) is 3.22. The molecule has 0 aliphatic heterocycles. The van der Waals surface area contributed by atoms with E-state index in [4.69, 9.17) is 0 Å². The molecule has 0 radical (unpaired) electrons. The molecule has 42 valence electrons. The molecule has 0 saturated carbocycles. The molecule has 8 heavy (non-hydrogen) atoms. The molecule has 0 N–H and O–H groups in total. The normalized spacial score (nSPS) is 9.75. The van der Waals surface area contributed by atoms with E-state index in [0.717, 1.165) is 9.65 Å². The number of thiophene rings is 1. The van der Waals surface area contributed by atoms with Crippen LogP contribution in [0.5, 0.6) is 0 Å². The molecular weight excluding hydrogens is 122 g/mol. The van der Waals surface area contributed by atoms with Crippen LogP contribution < -0.4 is 4.78 Å². The summed E-state index contributed by atoms with van der Waals surface area (Å²) >= 11 is 1.49. The van der Waals surface area contributed by atoms with Crippen LogP contribution >= 0.6 is 11.3 Å². The van der Waals surface area contributed by atoms with Gasteiger partial charge >= 0.3 is 0 Å². The lowest BCUT2D eigenvalue weighted by Crippen LogP contribution is -1.97. The Labute approximate surface area is 52.8 Å². The maximum absolute atomic E-state index is 12.3. The highest BCUT2D eigenvalue weighted by atomic mass is 32.1. The van der Waals surface area contributed by atoms with Crippen molar-refractivity contribution in [3.63, 3.8) is 0 Å². The standard InChI is InChI=1S/C5H6BFS/c1-3-2-4(7)5(6)8-3/h2H,6H2,1H3. The van der Waals surface area contributed by atoms with E-state index in [-0.39, 0.29) is 5.82 Å². The fourth-order valence-electron chi connectivity index (χ4n) is 0.600. The zero-order chi connectivity index (χ0) is 6.15. The van der Waals surface area contributed by atoms with E-state index in [1.165, 1.54) is 11.3 Å². The molecule has 0 unspecified atom stereocenters. The maximum Gasteiger partial charge on any atom is 0.156 e. The summed E-state index contributed by atoms with van der Waals surface area (Å²) in [6, 6.07) is 1.56. The maximum atomic E-state index is 12.3. The molecule has 0 amide bonds.